The van der Waals surface area contributed by atoms with Crippen LogP contribution in [0.15, 0.2) is 48.5 Å². The van der Waals surface area contributed by atoms with Crippen molar-refractivity contribution in [3.8, 4) is 5.75 Å². The van der Waals surface area contributed by atoms with Gasteiger partial charge in [0.1, 0.15) is 23.7 Å². The van der Waals surface area contributed by atoms with Crippen LogP contribution < -0.4 is 4.65 Å². The molecule has 0 aromatic heterocycles. The number of rotatable bonds is 6. The Balaban J connectivity index is 1.74. The lowest BCUT2D eigenvalue weighted by atomic mass is 9.64. The molecule has 5 nitrogen and oxygen atoms in total. The van der Waals surface area contributed by atoms with Gasteiger partial charge < -0.3 is 14.4 Å². The second-order valence-corrected chi connectivity index (χ2v) is 6.42. The average Bonchev–Trinajstić information content (AvgIpc) is 2.67. The molecule has 0 unspecified atom stereocenters. The molecule has 26 heavy (non-hydrogen) atoms. The molecule has 134 valence electrons. The van der Waals surface area contributed by atoms with Gasteiger partial charge >= 0.3 is 13.1 Å². The molecule has 1 atom stereocenters. The molecule has 2 aromatic carbocycles. The van der Waals surface area contributed by atoms with E-state index in [4.69, 9.17) is 9.39 Å². The van der Waals surface area contributed by atoms with E-state index in [-0.39, 0.29) is 30.2 Å². The Labute approximate surface area is 153 Å². The van der Waals surface area contributed by atoms with Gasteiger partial charge in [0.15, 0.2) is 0 Å². The third kappa shape index (κ3) is 4.14. The van der Waals surface area contributed by atoms with Crippen molar-refractivity contribution in [2.45, 2.75) is 38.6 Å². The predicted octanol–water partition coefficient (Wildman–Crippen LogP) is 3.20. The lowest BCUT2D eigenvalue weighted by Gasteiger charge is -2.28. The number of Topliss-reactive ketones (excluding diaryl/α,β-unsaturated/α-hetero) is 1. The van der Waals surface area contributed by atoms with Gasteiger partial charge in [0.05, 0.1) is 0 Å². The van der Waals surface area contributed by atoms with Crippen LogP contribution in [0.4, 0.5) is 0 Å². The number of carbonyl (C=O) groups is 2. The third-order valence-corrected chi connectivity index (χ3v) is 4.54. The molecule has 0 amide bonds. The maximum atomic E-state index is 12.5. The van der Waals surface area contributed by atoms with Crippen molar-refractivity contribution >= 4 is 18.9 Å². The van der Waals surface area contributed by atoms with Crippen LogP contribution >= 0.6 is 0 Å². The molecule has 0 radical (unpaired) electrons. The second kappa shape index (κ2) is 8.19. The molecule has 2 aromatic rings. The van der Waals surface area contributed by atoms with Crippen LogP contribution in [0.5, 0.6) is 5.75 Å². The fourth-order valence-electron chi connectivity index (χ4n) is 3.06. The molecule has 1 heterocycles. The molecule has 1 aliphatic rings. The van der Waals surface area contributed by atoms with Crippen LogP contribution in [0.1, 0.15) is 41.3 Å². The highest BCUT2D eigenvalue weighted by Gasteiger charge is 2.37. The van der Waals surface area contributed by atoms with Crippen LogP contribution in [-0.4, -0.2) is 23.9 Å². The number of ketones is 1. The normalized spacial score (nSPS) is 15.8. The molecular weight excluding hydrogens is 331 g/mol. The number of esters is 1. The molecule has 0 saturated heterocycles. The van der Waals surface area contributed by atoms with Gasteiger partial charge in [0.2, 0.25) is 0 Å². The van der Waals surface area contributed by atoms with Crippen LogP contribution in [0.2, 0.25) is 5.82 Å². The van der Waals surface area contributed by atoms with Gasteiger partial charge in [0.25, 0.3) is 0 Å². The molecule has 6 heteroatoms. The summed E-state index contributed by atoms with van der Waals surface area (Å²) in [5.74, 6) is -0.371. The van der Waals surface area contributed by atoms with Crippen molar-refractivity contribution in [3.63, 3.8) is 0 Å². The van der Waals surface area contributed by atoms with E-state index in [1.165, 1.54) is 0 Å². The van der Waals surface area contributed by atoms with E-state index in [2.05, 4.69) is 0 Å². The molecule has 3 rings (SSSR count). The smallest absolute Gasteiger partial charge is 0.526 e. The van der Waals surface area contributed by atoms with E-state index in [1.54, 1.807) is 19.1 Å². The van der Waals surface area contributed by atoms with Gasteiger partial charge in [-0.1, -0.05) is 49.4 Å². The van der Waals surface area contributed by atoms with Crippen LogP contribution in [0, 0.1) is 0 Å². The van der Waals surface area contributed by atoms with E-state index >= 15 is 0 Å². The number of hydrogen-bond donors (Lipinski definition) is 1. The monoisotopic (exact) mass is 352 g/mol. The fourth-order valence-corrected chi connectivity index (χ4v) is 3.06. The summed E-state index contributed by atoms with van der Waals surface area (Å²) in [5, 5.41) is 10.2. The van der Waals surface area contributed by atoms with E-state index in [0.717, 1.165) is 11.1 Å². The highest BCUT2D eigenvalue weighted by molar-refractivity contribution is 6.47. The second-order valence-electron chi connectivity index (χ2n) is 6.42. The molecule has 1 N–H and O–H groups in total. The quantitative estimate of drug-likeness (QED) is 0.639. The van der Waals surface area contributed by atoms with Crippen molar-refractivity contribution in [1.29, 1.82) is 0 Å². The van der Waals surface area contributed by atoms with Crippen molar-refractivity contribution < 1.29 is 24.0 Å². The number of carbonyl (C=O) groups excluding carboxylic acids is 2. The summed E-state index contributed by atoms with van der Waals surface area (Å²) >= 11 is 0. The Morgan fingerprint density at radius 1 is 1.19 bits per heavy atom. The Kier molecular flexibility index (Phi) is 5.73. The van der Waals surface area contributed by atoms with E-state index in [1.807, 2.05) is 36.4 Å². The third-order valence-electron chi connectivity index (χ3n) is 4.54. The Hall–Kier alpha value is -2.60. The molecule has 1 aliphatic heterocycles. The standard InChI is InChI=1S/C20H21BO5/c1-2-17(22)12-16-11-15-9-6-10-18(19(15)26-21(16)24)20(23)25-13-14-7-4-3-5-8-14/h3-10,16,24H,2,11-13H2,1H3/t16-/m1/s1. The number of para-hydroxylation sites is 1. The van der Waals surface area contributed by atoms with Gasteiger partial charge in [-0.05, 0) is 23.6 Å². The fraction of sp³-hybridized carbons (Fsp3) is 0.300. The lowest BCUT2D eigenvalue weighted by Crippen LogP contribution is -2.35. The van der Waals surface area contributed by atoms with Crippen molar-refractivity contribution in [1.82, 2.24) is 0 Å². The number of ether oxygens (including phenoxy) is 1. The maximum Gasteiger partial charge on any atom is 0.526 e. The minimum atomic E-state index is -1.11. The van der Waals surface area contributed by atoms with Crippen molar-refractivity contribution in [3.05, 3.63) is 65.2 Å². The zero-order chi connectivity index (χ0) is 18.5. The first-order chi connectivity index (χ1) is 12.6. The summed E-state index contributed by atoms with van der Waals surface area (Å²) in [7, 11) is -1.11. The predicted molar refractivity (Wildman–Crippen MR) is 98.0 cm³/mol. The first kappa shape index (κ1) is 18.2. The maximum absolute atomic E-state index is 12.5. The van der Waals surface area contributed by atoms with E-state index < -0.39 is 13.1 Å². The SMILES string of the molecule is CCC(=O)C[C@H]1Cc2cccc(C(=O)OCc3ccccc3)c2OB1O. The Bertz CT molecular complexity index is 790. The van der Waals surface area contributed by atoms with Crippen molar-refractivity contribution in [2.75, 3.05) is 0 Å². The summed E-state index contributed by atoms with van der Waals surface area (Å²) in [6.07, 6.45) is 1.18. The summed E-state index contributed by atoms with van der Waals surface area (Å²) in [5.41, 5.74) is 1.99. The molecule has 0 aliphatic carbocycles. The zero-order valence-electron chi connectivity index (χ0n) is 14.7. The van der Waals surface area contributed by atoms with Gasteiger partial charge in [-0.2, -0.15) is 0 Å². The summed E-state index contributed by atoms with van der Waals surface area (Å²) in [4.78, 5) is 24.2. The van der Waals surface area contributed by atoms with Gasteiger partial charge in [-0.3, -0.25) is 4.79 Å². The minimum Gasteiger partial charge on any atom is -0.535 e. The number of benzene rings is 2. The first-order valence-electron chi connectivity index (χ1n) is 8.77. The molecule has 0 bridgehead atoms. The molecule has 0 saturated carbocycles. The van der Waals surface area contributed by atoms with Crippen LogP contribution in [0.25, 0.3) is 0 Å². The van der Waals surface area contributed by atoms with Crippen molar-refractivity contribution in [2.24, 2.45) is 0 Å². The first-order valence-corrected chi connectivity index (χ1v) is 8.77. The average molecular weight is 352 g/mol. The summed E-state index contributed by atoms with van der Waals surface area (Å²) in [6, 6.07) is 14.6. The van der Waals surface area contributed by atoms with E-state index in [9.17, 15) is 14.6 Å². The molecule has 0 fully saturated rings. The summed E-state index contributed by atoms with van der Waals surface area (Å²) in [6.45, 7) is 1.96. The largest absolute Gasteiger partial charge is 0.535 e. The topological polar surface area (TPSA) is 72.8 Å². The number of hydrogen-bond acceptors (Lipinski definition) is 5. The highest BCUT2D eigenvalue weighted by atomic mass is 16.5. The Morgan fingerprint density at radius 2 is 1.96 bits per heavy atom. The zero-order valence-corrected chi connectivity index (χ0v) is 14.7. The Morgan fingerprint density at radius 3 is 2.69 bits per heavy atom. The van der Waals surface area contributed by atoms with Gasteiger partial charge in [-0.15, -0.1) is 0 Å². The van der Waals surface area contributed by atoms with Crippen LogP contribution in [-0.2, 0) is 22.6 Å². The van der Waals surface area contributed by atoms with Gasteiger partial charge in [0, 0.05) is 18.7 Å². The summed E-state index contributed by atoms with van der Waals surface area (Å²) < 4.78 is 11.0. The molecular formula is C20H21BO5. The highest BCUT2D eigenvalue weighted by Crippen LogP contribution is 2.36. The van der Waals surface area contributed by atoms with Gasteiger partial charge in [-0.25, -0.2) is 4.79 Å². The number of fused-ring (bicyclic) bond motifs is 1. The lowest BCUT2D eigenvalue weighted by molar-refractivity contribution is -0.118. The molecule has 0 spiro atoms. The van der Waals surface area contributed by atoms with E-state index in [0.29, 0.717) is 18.6 Å². The minimum absolute atomic E-state index is 0.0829. The van der Waals surface area contributed by atoms with Crippen LogP contribution in [0.3, 0.4) is 0 Å².